The molecule has 0 spiro atoms. The number of hydrogen-bond acceptors (Lipinski definition) is 9. The third kappa shape index (κ3) is 9.84. The predicted molar refractivity (Wildman–Crippen MR) is 415 cm³/mol. The minimum atomic E-state index is -0.291. The Hall–Kier alpha value is -12.7. The van der Waals surface area contributed by atoms with Crippen molar-refractivity contribution in [3.63, 3.8) is 0 Å². The van der Waals surface area contributed by atoms with Crippen LogP contribution in [-0.4, -0.2) is 13.4 Å². The minimum absolute atomic E-state index is 0.291. The Labute approximate surface area is 580 Å². The van der Waals surface area contributed by atoms with Gasteiger partial charge in [-0.05, 0) is 180 Å². The first kappa shape index (κ1) is 57.7. The van der Waals surface area contributed by atoms with Crippen LogP contribution in [0.25, 0.3) is 0 Å². The Morgan fingerprint density at radius 3 is 0.747 bits per heavy atom. The number of benzene rings is 14. The van der Waals surface area contributed by atoms with Crippen molar-refractivity contribution in [3.05, 3.63) is 364 Å². The van der Waals surface area contributed by atoms with E-state index in [4.69, 9.17) is 9.47 Å². The van der Waals surface area contributed by atoms with E-state index in [1.54, 1.807) is 0 Å². The van der Waals surface area contributed by atoms with Crippen molar-refractivity contribution in [1.29, 1.82) is 0 Å². The molecule has 0 aliphatic carbocycles. The topological polar surface area (TPSA) is 37.9 Å². The monoisotopic (exact) mass is 1290 g/mol. The van der Waals surface area contributed by atoms with E-state index >= 15 is 0 Å². The number of anilines is 18. The van der Waals surface area contributed by atoms with E-state index in [9.17, 15) is 0 Å². The molecule has 19 rings (SSSR count). The molecule has 0 bridgehead atoms. The number of hydrogen-bond donors (Lipinski definition) is 0. The molecule has 0 N–H and O–H groups in total. The van der Waals surface area contributed by atoms with E-state index < -0.39 is 0 Å². The van der Waals surface area contributed by atoms with Crippen LogP contribution in [0.5, 0.6) is 23.0 Å². The van der Waals surface area contributed by atoms with Gasteiger partial charge in [0.2, 0.25) is 0 Å². The predicted octanol–water partition coefficient (Wildman–Crippen LogP) is 20.4. The normalized spacial score (nSPS) is 12.5. The van der Waals surface area contributed by atoms with Gasteiger partial charge in [-0.2, -0.15) is 11.3 Å². The second-order valence-corrected chi connectivity index (χ2v) is 26.3. The van der Waals surface area contributed by atoms with Crippen molar-refractivity contribution in [2.45, 2.75) is 0 Å². The molecule has 0 fully saturated rings. The molecule has 0 radical (unpaired) electrons. The smallest absolute Gasteiger partial charge is 0.269 e. The molecular formula is C88H60B2N6O2S. The van der Waals surface area contributed by atoms with E-state index in [1.807, 2.05) is 11.3 Å². The highest BCUT2D eigenvalue weighted by Crippen LogP contribution is 2.53. The molecule has 99 heavy (non-hydrogen) atoms. The fourth-order valence-electron chi connectivity index (χ4n) is 15.2. The van der Waals surface area contributed by atoms with E-state index in [1.165, 1.54) is 0 Å². The largest absolute Gasteiger partial charge is 0.454 e. The molecule has 15 aromatic rings. The summed E-state index contributed by atoms with van der Waals surface area (Å²) in [5.74, 6) is 2.97. The van der Waals surface area contributed by atoms with Crippen LogP contribution in [0.3, 0.4) is 0 Å². The number of fused-ring (bicyclic) bond motifs is 9. The van der Waals surface area contributed by atoms with Crippen molar-refractivity contribution in [3.8, 4) is 23.0 Å². The van der Waals surface area contributed by atoms with Crippen molar-refractivity contribution < 1.29 is 9.47 Å². The molecule has 5 heterocycles. The van der Waals surface area contributed by atoms with E-state index in [0.717, 1.165) is 157 Å². The Balaban J connectivity index is 0.886. The first-order valence-electron chi connectivity index (χ1n) is 33.6. The SMILES string of the molecule is c1ccc(N(c2ccccc2)c2ccc3c(c2)N(c2ccccc2)c2cc(N(c4ccccc4)c4ccccc4)cc4c2B3c2sc3c(c2O4)Oc2cc(N(c4ccccc4)c4ccccc4)cc4c2B3c2ccc(N(c3ccccc3)c3ccccc3)cc2N4c2ccccc2)cc1. The maximum absolute atomic E-state index is 7.90. The lowest BCUT2D eigenvalue weighted by molar-refractivity contribution is 0.427. The summed E-state index contributed by atoms with van der Waals surface area (Å²) in [6, 6.07) is 131. The highest BCUT2D eigenvalue weighted by molar-refractivity contribution is 7.38. The molecule has 4 aliphatic rings. The highest BCUT2D eigenvalue weighted by atomic mass is 32.1. The van der Waals surface area contributed by atoms with Gasteiger partial charge in [0.05, 0.1) is 11.4 Å². The maximum Gasteiger partial charge on any atom is 0.269 e. The van der Waals surface area contributed by atoms with Gasteiger partial charge in [-0.15, -0.1) is 0 Å². The minimum Gasteiger partial charge on any atom is -0.454 e. The van der Waals surface area contributed by atoms with E-state index in [0.29, 0.717) is 0 Å². The fourth-order valence-corrected chi connectivity index (χ4v) is 16.7. The Morgan fingerprint density at radius 1 is 0.232 bits per heavy atom. The standard InChI is InChI=1S/C88H60B2N6O2S/c1-11-31-61(32-12-1)91(62-33-13-2-14-34-62)71-51-53-75-77(55-71)95(69-47-27-9-28-48-69)79-57-73(93(65-39-19-5-20-40-65)66-41-21-6-22-42-66)59-81-83(79)89(75)87-85(97-81)86-88(99-87)90-76-54-52-72(92(63-35-15-3-16-36-63)64-37-17-4-18-38-64)56-78(76)96(70-49-29-10-30-50-70)80-58-74(60-82(98-86)84(80)90)94(67-43-23-7-24-44-67)68-45-25-8-26-46-68/h1-60H. The molecular weight excluding hydrogens is 1230 g/mol. The van der Waals surface area contributed by atoms with Gasteiger partial charge in [0.25, 0.3) is 13.4 Å². The number of nitrogens with zero attached hydrogens (tertiary/aromatic N) is 6. The fraction of sp³-hybridized carbons (Fsp3) is 0. The molecule has 8 nitrogen and oxygen atoms in total. The van der Waals surface area contributed by atoms with E-state index in [-0.39, 0.29) is 13.4 Å². The molecule has 0 saturated carbocycles. The summed E-state index contributed by atoms with van der Waals surface area (Å²) in [5.41, 5.74) is 23.0. The summed E-state index contributed by atoms with van der Waals surface area (Å²) < 4.78 is 18.0. The quantitative estimate of drug-likeness (QED) is 0.0998. The molecule has 0 unspecified atom stereocenters. The summed E-state index contributed by atoms with van der Waals surface area (Å²) in [6.07, 6.45) is 0. The van der Waals surface area contributed by atoms with Gasteiger partial charge in [0.15, 0.2) is 11.5 Å². The van der Waals surface area contributed by atoms with Crippen LogP contribution < -0.4 is 70.3 Å². The summed E-state index contributed by atoms with van der Waals surface area (Å²) in [4.78, 5) is 14.4. The average molecular weight is 1290 g/mol. The molecule has 1 aromatic heterocycles. The summed E-state index contributed by atoms with van der Waals surface area (Å²) in [7, 11) is 0. The Morgan fingerprint density at radius 2 is 0.475 bits per heavy atom. The van der Waals surface area contributed by atoms with Gasteiger partial charge in [0.1, 0.15) is 11.5 Å². The molecule has 0 amide bonds. The van der Waals surface area contributed by atoms with Crippen LogP contribution in [0.15, 0.2) is 364 Å². The van der Waals surface area contributed by atoms with Crippen LogP contribution in [-0.2, 0) is 0 Å². The van der Waals surface area contributed by atoms with Crippen LogP contribution in [0, 0.1) is 0 Å². The van der Waals surface area contributed by atoms with Gasteiger partial charge < -0.3 is 38.9 Å². The van der Waals surface area contributed by atoms with Crippen molar-refractivity contribution in [2.24, 2.45) is 0 Å². The zero-order valence-corrected chi connectivity index (χ0v) is 54.5. The summed E-state index contributed by atoms with van der Waals surface area (Å²) >= 11 is 1.83. The van der Waals surface area contributed by atoms with Gasteiger partial charge in [-0.3, -0.25) is 0 Å². The molecule has 11 heteroatoms. The zero-order chi connectivity index (χ0) is 65.3. The van der Waals surface area contributed by atoms with Gasteiger partial charge in [-0.25, -0.2) is 0 Å². The van der Waals surface area contributed by atoms with Gasteiger partial charge in [0, 0.05) is 113 Å². The van der Waals surface area contributed by atoms with Crippen LogP contribution in [0.4, 0.5) is 102 Å². The van der Waals surface area contributed by atoms with E-state index in [2.05, 4.69) is 393 Å². The average Bonchev–Trinajstić information content (AvgIpc) is 1.53. The van der Waals surface area contributed by atoms with Crippen molar-refractivity contribution in [2.75, 3.05) is 29.4 Å². The van der Waals surface area contributed by atoms with Crippen LogP contribution >= 0.6 is 11.3 Å². The third-order valence-electron chi connectivity index (χ3n) is 19.4. The summed E-state index contributed by atoms with van der Waals surface area (Å²) in [5, 5.41) is 0. The van der Waals surface area contributed by atoms with Crippen molar-refractivity contribution >= 4 is 159 Å². The lowest BCUT2D eigenvalue weighted by Crippen LogP contribution is -2.59. The Kier molecular flexibility index (Phi) is 14.1. The highest BCUT2D eigenvalue weighted by Gasteiger charge is 2.51. The first-order valence-corrected chi connectivity index (χ1v) is 34.4. The van der Waals surface area contributed by atoms with Crippen LogP contribution in [0.2, 0.25) is 0 Å². The zero-order valence-electron chi connectivity index (χ0n) is 53.7. The van der Waals surface area contributed by atoms with Crippen molar-refractivity contribution in [1.82, 2.24) is 0 Å². The molecule has 0 saturated heterocycles. The molecule has 4 aliphatic heterocycles. The third-order valence-corrected chi connectivity index (χ3v) is 20.7. The van der Waals surface area contributed by atoms with Gasteiger partial charge in [-0.1, -0.05) is 194 Å². The second-order valence-electron chi connectivity index (χ2n) is 25.2. The molecule has 466 valence electrons. The lowest BCUT2D eigenvalue weighted by Gasteiger charge is -2.41. The number of para-hydroxylation sites is 10. The second kappa shape index (κ2) is 24.2. The number of thiophene rings is 1. The first-order chi connectivity index (χ1) is 49.1. The van der Waals surface area contributed by atoms with Gasteiger partial charge >= 0.3 is 0 Å². The Bertz CT molecular complexity index is 4980. The van der Waals surface area contributed by atoms with Crippen LogP contribution in [0.1, 0.15) is 0 Å². The maximum atomic E-state index is 7.90. The number of ether oxygens (including phenoxy) is 2. The molecule has 14 aromatic carbocycles. The number of rotatable bonds is 14. The summed E-state index contributed by atoms with van der Waals surface area (Å²) in [6.45, 7) is -0.581. The lowest BCUT2D eigenvalue weighted by atomic mass is 9.36. The molecule has 0 atom stereocenters.